The maximum absolute atomic E-state index is 5.43. The van der Waals surface area contributed by atoms with Crippen LogP contribution in [0.3, 0.4) is 0 Å². The lowest BCUT2D eigenvalue weighted by atomic mass is 9.87. The number of ether oxygens (including phenoxy) is 1. The van der Waals surface area contributed by atoms with Crippen molar-refractivity contribution < 1.29 is 4.74 Å². The SMILES string of the molecule is Brc1ccc2c(c1)NC1(CCOCC1)CN2. The Morgan fingerprint density at radius 2 is 2.00 bits per heavy atom. The Hall–Kier alpha value is -0.740. The zero-order valence-corrected chi connectivity index (χ0v) is 10.6. The lowest BCUT2D eigenvalue weighted by Crippen LogP contribution is -2.51. The van der Waals surface area contributed by atoms with E-state index in [1.54, 1.807) is 0 Å². The number of halogens is 1. The van der Waals surface area contributed by atoms with E-state index in [2.05, 4.69) is 44.8 Å². The number of rotatable bonds is 0. The van der Waals surface area contributed by atoms with Crippen molar-refractivity contribution in [1.29, 1.82) is 0 Å². The molecule has 0 radical (unpaired) electrons. The predicted octanol–water partition coefficient (Wildman–Crippen LogP) is 2.84. The van der Waals surface area contributed by atoms with Gasteiger partial charge in [-0.3, -0.25) is 0 Å². The Labute approximate surface area is 104 Å². The molecule has 0 aliphatic carbocycles. The van der Waals surface area contributed by atoms with Gasteiger partial charge in [0.05, 0.1) is 16.9 Å². The van der Waals surface area contributed by atoms with Crippen LogP contribution in [-0.4, -0.2) is 25.3 Å². The first kappa shape index (κ1) is 10.4. The number of hydrogen-bond acceptors (Lipinski definition) is 3. The molecule has 3 rings (SSSR count). The van der Waals surface area contributed by atoms with Crippen molar-refractivity contribution in [2.75, 3.05) is 30.4 Å². The van der Waals surface area contributed by atoms with E-state index < -0.39 is 0 Å². The van der Waals surface area contributed by atoms with E-state index in [0.29, 0.717) is 0 Å². The third-order valence-corrected chi connectivity index (χ3v) is 3.94. The van der Waals surface area contributed by atoms with E-state index in [1.165, 1.54) is 11.4 Å². The van der Waals surface area contributed by atoms with E-state index in [1.807, 2.05) is 0 Å². The Kier molecular flexibility index (Phi) is 2.56. The average Bonchev–Trinajstić information content (AvgIpc) is 2.29. The summed E-state index contributed by atoms with van der Waals surface area (Å²) in [5.41, 5.74) is 2.58. The summed E-state index contributed by atoms with van der Waals surface area (Å²) < 4.78 is 6.55. The molecule has 16 heavy (non-hydrogen) atoms. The molecule has 0 unspecified atom stereocenters. The fraction of sp³-hybridized carbons (Fsp3) is 0.500. The van der Waals surface area contributed by atoms with Crippen LogP contribution in [0.15, 0.2) is 22.7 Å². The van der Waals surface area contributed by atoms with E-state index in [4.69, 9.17) is 4.74 Å². The zero-order valence-electron chi connectivity index (χ0n) is 9.05. The predicted molar refractivity (Wildman–Crippen MR) is 69.0 cm³/mol. The third-order valence-electron chi connectivity index (χ3n) is 3.45. The fourth-order valence-electron chi connectivity index (χ4n) is 2.43. The lowest BCUT2D eigenvalue weighted by molar-refractivity contribution is 0.0635. The number of nitrogens with one attached hydrogen (secondary N) is 2. The molecule has 1 fully saturated rings. The third kappa shape index (κ3) is 1.80. The van der Waals surface area contributed by atoms with Crippen molar-refractivity contribution in [3.8, 4) is 0 Å². The smallest absolute Gasteiger partial charge is 0.0592 e. The number of anilines is 2. The normalized spacial score (nSPS) is 22.1. The maximum atomic E-state index is 5.43. The molecule has 1 aromatic rings. The highest BCUT2D eigenvalue weighted by molar-refractivity contribution is 9.10. The summed E-state index contributed by atoms with van der Waals surface area (Å²) in [6.45, 7) is 2.71. The largest absolute Gasteiger partial charge is 0.381 e. The molecule has 0 saturated carbocycles. The van der Waals surface area contributed by atoms with Crippen molar-refractivity contribution >= 4 is 27.3 Å². The molecule has 1 saturated heterocycles. The van der Waals surface area contributed by atoms with Crippen LogP contribution in [0.1, 0.15) is 12.8 Å². The molecule has 2 aliphatic rings. The van der Waals surface area contributed by atoms with Crippen LogP contribution in [0.25, 0.3) is 0 Å². The van der Waals surface area contributed by atoms with Gasteiger partial charge in [-0.25, -0.2) is 0 Å². The van der Waals surface area contributed by atoms with E-state index in [9.17, 15) is 0 Å². The van der Waals surface area contributed by atoms with Crippen molar-refractivity contribution in [1.82, 2.24) is 0 Å². The van der Waals surface area contributed by atoms with Crippen LogP contribution in [-0.2, 0) is 4.74 Å². The molecule has 86 valence electrons. The van der Waals surface area contributed by atoms with Crippen molar-refractivity contribution in [3.05, 3.63) is 22.7 Å². The summed E-state index contributed by atoms with van der Waals surface area (Å²) in [4.78, 5) is 0. The first-order chi connectivity index (χ1) is 7.77. The zero-order chi connectivity index (χ0) is 11.0. The fourth-order valence-corrected chi connectivity index (χ4v) is 2.79. The topological polar surface area (TPSA) is 33.3 Å². The molecule has 2 N–H and O–H groups in total. The van der Waals surface area contributed by atoms with Gasteiger partial charge >= 0.3 is 0 Å². The van der Waals surface area contributed by atoms with Crippen LogP contribution < -0.4 is 10.6 Å². The van der Waals surface area contributed by atoms with Crippen LogP contribution >= 0.6 is 15.9 Å². The van der Waals surface area contributed by atoms with Crippen molar-refractivity contribution in [3.63, 3.8) is 0 Å². The first-order valence-electron chi connectivity index (χ1n) is 5.67. The highest BCUT2D eigenvalue weighted by Crippen LogP contribution is 2.36. The molecule has 4 heteroatoms. The van der Waals surface area contributed by atoms with Crippen LogP contribution in [0.2, 0.25) is 0 Å². The number of benzene rings is 1. The minimum absolute atomic E-state index is 0.187. The van der Waals surface area contributed by atoms with Crippen molar-refractivity contribution in [2.24, 2.45) is 0 Å². The van der Waals surface area contributed by atoms with Gasteiger partial charge in [-0.05, 0) is 31.0 Å². The van der Waals surface area contributed by atoms with Gasteiger partial charge in [-0.2, -0.15) is 0 Å². The molecular weight excluding hydrogens is 268 g/mol. The molecule has 0 atom stereocenters. The Balaban J connectivity index is 1.89. The van der Waals surface area contributed by atoms with Gasteiger partial charge in [0.1, 0.15) is 0 Å². The van der Waals surface area contributed by atoms with Gasteiger partial charge in [-0.15, -0.1) is 0 Å². The Bertz CT molecular complexity index is 402. The van der Waals surface area contributed by atoms with E-state index in [0.717, 1.165) is 37.1 Å². The molecule has 1 aromatic carbocycles. The molecule has 3 nitrogen and oxygen atoms in total. The summed E-state index contributed by atoms with van der Waals surface area (Å²) in [6.07, 6.45) is 2.15. The summed E-state index contributed by atoms with van der Waals surface area (Å²) in [6, 6.07) is 6.31. The minimum Gasteiger partial charge on any atom is -0.381 e. The standard InChI is InChI=1S/C12H15BrN2O/c13-9-1-2-10-11(7-9)15-12(8-14-10)3-5-16-6-4-12/h1-2,7,14-15H,3-6,8H2. The molecule has 1 spiro atoms. The van der Waals surface area contributed by atoms with Gasteiger partial charge in [0, 0.05) is 24.2 Å². The van der Waals surface area contributed by atoms with E-state index >= 15 is 0 Å². The van der Waals surface area contributed by atoms with Crippen molar-refractivity contribution in [2.45, 2.75) is 18.4 Å². The van der Waals surface area contributed by atoms with Gasteiger partial charge in [0.2, 0.25) is 0 Å². The van der Waals surface area contributed by atoms with Crippen LogP contribution in [0, 0.1) is 0 Å². The van der Waals surface area contributed by atoms with Gasteiger partial charge in [-0.1, -0.05) is 15.9 Å². The molecule has 0 aromatic heterocycles. The second-order valence-electron chi connectivity index (χ2n) is 4.56. The lowest BCUT2D eigenvalue weighted by Gasteiger charge is -2.43. The Morgan fingerprint density at radius 1 is 1.19 bits per heavy atom. The Morgan fingerprint density at radius 3 is 2.81 bits per heavy atom. The van der Waals surface area contributed by atoms with Gasteiger partial charge in [0.25, 0.3) is 0 Å². The second-order valence-corrected chi connectivity index (χ2v) is 5.48. The van der Waals surface area contributed by atoms with E-state index in [-0.39, 0.29) is 5.54 Å². The highest BCUT2D eigenvalue weighted by atomic mass is 79.9. The molecule has 2 aliphatic heterocycles. The summed E-state index contributed by atoms with van der Waals surface area (Å²) >= 11 is 3.51. The average molecular weight is 283 g/mol. The number of fused-ring (bicyclic) bond motifs is 1. The molecule has 0 bridgehead atoms. The minimum atomic E-state index is 0.187. The maximum Gasteiger partial charge on any atom is 0.0592 e. The monoisotopic (exact) mass is 282 g/mol. The second kappa shape index (κ2) is 3.93. The molecule has 0 amide bonds. The highest BCUT2D eigenvalue weighted by Gasteiger charge is 2.35. The molecule has 2 heterocycles. The summed E-state index contributed by atoms with van der Waals surface area (Å²) in [5, 5.41) is 7.19. The summed E-state index contributed by atoms with van der Waals surface area (Å²) in [5.74, 6) is 0. The number of hydrogen-bond donors (Lipinski definition) is 2. The van der Waals surface area contributed by atoms with Gasteiger partial charge in [0.15, 0.2) is 0 Å². The quantitative estimate of drug-likeness (QED) is 0.768. The van der Waals surface area contributed by atoms with Crippen LogP contribution in [0.5, 0.6) is 0 Å². The van der Waals surface area contributed by atoms with Gasteiger partial charge < -0.3 is 15.4 Å². The van der Waals surface area contributed by atoms with Crippen LogP contribution in [0.4, 0.5) is 11.4 Å². The first-order valence-corrected chi connectivity index (χ1v) is 6.46. The summed E-state index contributed by atoms with van der Waals surface area (Å²) in [7, 11) is 0. The molecular formula is C12H15BrN2O.